The maximum absolute atomic E-state index is 13.1. The molecule has 1 aromatic carbocycles. The minimum atomic E-state index is -1.79. The van der Waals surface area contributed by atoms with E-state index in [9.17, 15) is 4.79 Å². The summed E-state index contributed by atoms with van der Waals surface area (Å²) in [5.41, 5.74) is 4.96. The van der Waals surface area contributed by atoms with E-state index in [0.29, 0.717) is 19.7 Å². The molecule has 3 rings (SSSR count). The first-order chi connectivity index (χ1) is 12.4. The van der Waals surface area contributed by atoms with Crippen molar-refractivity contribution in [2.45, 2.75) is 59.3 Å². The van der Waals surface area contributed by atoms with Crippen LogP contribution in [0, 0.1) is 13.8 Å². The highest BCUT2D eigenvalue weighted by molar-refractivity contribution is 6.74. The van der Waals surface area contributed by atoms with Gasteiger partial charge in [-0.2, -0.15) is 0 Å². The van der Waals surface area contributed by atoms with Crippen LogP contribution >= 0.6 is 0 Å². The topological polar surface area (TPSA) is 34.5 Å². The van der Waals surface area contributed by atoms with Crippen LogP contribution in [-0.2, 0) is 11.0 Å². The predicted octanol–water partition coefficient (Wildman–Crippen LogP) is 3.53. The number of rotatable bonds is 4. The van der Waals surface area contributed by atoms with Gasteiger partial charge in [0.2, 0.25) is 0 Å². The minimum Gasteiger partial charge on any atom is -0.415 e. The van der Waals surface area contributed by atoms with Crippen LogP contribution in [0.25, 0.3) is 10.9 Å². The Bertz CT molecular complexity index is 896. The highest BCUT2D eigenvalue weighted by Gasteiger charge is 2.37. The molecule has 1 aliphatic heterocycles. The van der Waals surface area contributed by atoms with Gasteiger partial charge < -0.3 is 13.9 Å². The zero-order valence-electron chi connectivity index (χ0n) is 17.8. The van der Waals surface area contributed by atoms with Crippen LogP contribution in [0.4, 0.5) is 0 Å². The molecule has 0 saturated heterocycles. The largest absolute Gasteiger partial charge is 0.415 e. The van der Waals surface area contributed by atoms with E-state index >= 15 is 0 Å². The Hall–Kier alpha value is -1.53. The van der Waals surface area contributed by atoms with Gasteiger partial charge in [0.1, 0.15) is 13.5 Å². The number of hydrogen-bond acceptors (Lipinski definition) is 2. The second-order valence-electron chi connectivity index (χ2n) is 9.25. The SMILES string of the molecule is [B]c1cc(C)c(C)c2c1cc1n2CCN(CCO[Si](C)(C)C(C)(C)C)C1=O. The summed E-state index contributed by atoms with van der Waals surface area (Å²) in [7, 11) is 4.44. The summed E-state index contributed by atoms with van der Waals surface area (Å²) in [4.78, 5) is 15.0. The van der Waals surface area contributed by atoms with Crippen molar-refractivity contribution in [1.82, 2.24) is 9.47 Å². The first-order valence-electron chi connectivity index (χ1n) is 9.76. The van der Waals surface area contributed by atoms with Crippen molar-refractivity contribution in [3.8, 4) is 0 Å². The lowest BCUT2D eigenvalue weighted by Crippen LogP contribution is -2.45. The molecule has 0 spiro atoms. The number of carbonyl (C=O) groups excluding carboxylic acids is 1. The molecular weight excluding hydrogens is 351 g/mol. The molecule has 4 nitrogen and oxygen atoms in total. The molecule has 0 N–H and O–H groups in total. The van der Waals surface area contributed by atoms with Crippen LogP contribution in [0.3, 0.4) is 0 Å². The van der Waals surface area contributed by atoms with Crippen molar-refractivity contribution >= 4 is 38.4 Å². The van der Waals surface area contributed by atoms with Gasteiger partial charge in [-0.3, -0.25) is 4.79 Å². The molecule has 0 aliphatic carbocycles. The van der Waals surface area contributed by atoms with Crippen molar-refractivity contribution in [3.05, 3.63) is 29.0 Å². The van der Waals surface area contributed by atoms with Crippen LogP contribution in [-0.4, -0.2) is 51.2 Å². The van der Waals surface area contributed by atoms with E-state index in [1.165, 1.54) is 11.1 Å². The molecule has 0 fully saturated rings. The van der Waals surface area contributed by atoms with E-state index in [-0.39, 0.29) is 10.9 Å². The molecule has 1 aliphatic rings. The molecule has 1 amide bonds. The van der Waals surface area contributed by atoms with Gasteiger partial charge in [-0.15, -0.1) is 0 Å². The Morgan fingerprint density at radius 1 is 1.19 bits per heavy atom. The molecule has 1 aromatic heterocycles. The normalized spacial score (nSPS) is 15.5. The third-order valence-electron chi connectivity index (χ3n) is 6.46. The summed E-state index contributed by atoms with van der Waals surface area (Å²) >= 11 is 0. The van der Waals surface area contributed by atoms with Crippen LogP contribution in [0.1, 0.15) is 42.4 Å². The van der Waals surface area contributed by atoms with E-state index in [4.69, 9.17) is 12.3 Å². The lowest BCUT2D eigenvalue weighted by Gasteiger charge is -2.37. The summed E-state index contributed by atoms with van der Waals surface area (Å²) in [6.45, 7) is 18.1. The molecule has 27 heavy (non-hydrogen) atoms. The fraction of sp³-hybridized carbons (Fsp3) is 0.571. The smallest absolute Gasteiger partial charge is 0.270 e. The molecule has 2 aromatic rings. The number of aryl methyl sites for hydroxylation is 2. The Morgan fingerprint density at radius 2 is 1.85 bits per heavy atom. The number of nitrogens with zero attached hydrogens (tertiary/aromatic N) is 2. The molecule has 144 valence electrons. The molecular formula is C21H31BN2O2Si. The number of aromatic nitrogens is 1. The monoisotopic (exact) mass is 382 g/mol. The minimum absolute atomic E-state index is 0.0766. The second kappa shape index (κ2) is 6.82. The van der Waals surface area contributed by atoms with Gasteiger partial charge in [0.15, 0.2) is 8.32 Å². The summed E-state index contributed by atoms with van der Waals surface area (Å²) in [5, 5.41) is 1.17. The van der Waals surface area contributed by atoms with Crippen molar-refractivity contribution < 1.29 is 9.22 Å². The van der Waals surface area contributed by atoms with Crippen molar-refractivity contribution in [1.29, 1.82) is 0 Å². The van der Waals surface area contributed by atoms with Gasteiger partial charge in [0.05, 0.1) is 12.1 Å². The van der Waals surface area contributed by atoms with Gasteiger partial charge in [0.25, 0.3) is 5.91 Å². The van der Waals surface area contributed by atoms with Crippen LogP contribution < -0.4 is 5.46 Å². The highest BCUT2D eigenvalue weighted by Crippen LogP contribution is 2.36. The molecule has 2 heterocycles. The van der Waals surface area contributed by atoms with E-state index in [2.05, 4.69) is 52.3 Å². The van der Waals surface area contributed by atoms with Gasteiger partial charge >= 0.3 is 0 Å². The van der Waals surface area contributed by atoms with Crippen molar-refractivity contribution in [2.24, 2.45) is 0 Å². The predicted molar refractivity (Wildman–Crippen MR) is 116 cm³/mol. The Labute approximate surface area is 165 Å². The van der Waals surface area contributed by atoms with Crippen molar-refractivity contribution in [2.75, 3.05) is 19.7 Å². The Kier molecular flexibility index (Phi) is 5.10. The first kappa shape index (κ1) is 20.2. The third kappa shape index (κ3) is 3.49. The molecule has 0 saturated carbocycles. The van der Waals surface area contributed by atoms with Crippen LogP contribution in [0.2, 0.25) is 18.1 Å². The molecule has 0 bridgehead atoms. The van der Waals surface area contributed by atoms with Gasteiger partial charge in [-0.25, -0.2) is 0 Å². The third-order valence-corrected chi connectivity index (χ3v) is 11.0. The summed E-state index contributed by atoms with van der Waals surface area (Å²) in [6.07, 6.45) is 0. The van der Waals surface area contributed by atoms with Gasteiger partial charge in [-0.05, 0) is 54.6 Å². The maximum atomic E-state index is 13.1. The molecule has 0 atom stereocenters. The quantitative estimate of drug-likeness (QED) is 0.759. The standard InChI is InChI=1S/C21H31BN2O2Si/c1-14-12-17(22)16-13-18-20(25)23(8-9-24(18)19(16)15(14)2)10-11-26-27(6,7)21(3,4)5/h12-13H,8-11H2,1-7H3. The van der Waals surface area contributed by atoms with E-state index in [1.54, 1.807) is 0 Å². The fourth-order valence-corrected chi connectivity index (χ4v) is 4.55. The fourth-order valence-electron chi connectivity index (χ4n) is 3.51. The number of carbonyl (C=O) groups is 1. The van der Waals surface area contributed by atoms with Gasteiger partial charge in [-0.1, -0.05) is 32.3 Å². The maximum Gasteiger partial charge on any atom is 0.270 e. The molecule has 2 radical (unpaired) electrons. The average molecular weight is 382 g/mol. The lowest BCUT2D eigenvalue weighted by atomic mass is 9.88. The zero-order valence-corrected chi connectivity index (χ0v) is 18.8. The number of benzene rings is 1. The second-order valence-corrected chi connectivity index (χ2v) is 14.1. The first-order valence-corrected chi connectivity index (χ1v) is 12.7. The van der Waals surface area contributed by atoms with Crippen LogP contribution in [0.15, 0.2) is 12.1 Å². The summed E-state index contributed by atoms with van der Waals surface area (Å²) in [6, 6.07) is 3.96. The molecule has 0 unspecified atom stereocenters. The lowest BCUT2D eigenvalue weighted by molar-refractivity contribution is 0.0674. The number of fused-ring (bicyclic) bond motifs is 3. The van der Waals surface area contributed by atoms with E-state index in [0.717, 1.165) is 28.6 Å². The van der Waals surface area contributed by atoms with E-state index < -0.39 is 8.32 Å². The molecule has 6 heteroatoms. The number of amides is 1. The Balaban J connectivity index is 1.80. The zero-order chi connectivity index (χ0) is 20.1. The average Bonchev–Trinajstić information content (AvgIpc) is 2.95. The van der Waals surface area contributed by atoms with Crippen molar-refractivity contribution in [3.63, 3.8) is 0 Å². The van der Waals surface area contributed by atoms with Gasteiger partial charge in [0, 0.05) is 19.6 Å². The van der Waals surface area contributed by atoms with Crippen LogP contribution in [0.5, 0.6) is 0 Å². The highest BCUT2D eigenvalue weighted by atomic mass is 28.4. The number of hydrogen-bond donors (Lipinski definition) is 0. The Morgan fingerprint density at radius 3 is 2.48 bits per heavy atom. The van der Waals surface area contributed by atoms with E-state index in [1.807, 2.05) is 17.0 Å². The summed E-state index contributed by atoms with van der Waals surface area (Å²) < 4.78 is 8.40. The summed E-state index contributed by atoms with van der Waals surface area (Å²) in [5.74, 6) is 0.0766.